The molecule has 0 atom stereocenters. The molecular formula is C15H10IN. The Hall–Kier alpha value is -1.60. The first kappa shape index (κ1) is 11.9. The number of nitrogens with zero attached hydrogens (tertiary/aromatic N) is 1. The van der Waals surface area contributed by atoms with Crippen LogP contribution >= 0.6 is 22.6 Å². The molecule has 2 heteroatoms. The van der Waals surface area contributed by atoms with Crippen molar-refractivity contribution in [3.63, 3.8) is 0 Å². The quantitative estimate of drug-likeness (QED) is 0.593. The Morgan fingerprint density at radius 1 is 0.824 bits per heavy atom. The molecule has 0 aromatic heterocycles. The maximum Gasteiger partial charge on any atom is 0.0991 e. The number of benzene rings is 2. The van der Waals surface area contributed by atoms with Gasteiger partial charge in [0.15, 0.2) is 0 Å². The third kappa shape index (κ3) is 3.43. The lowest BCUT2D eigenvalue weighted by atomic mass is 10.1. The molecule has 17 heavy (non-hydrogen) atoms. The fourth-order valence-electron chi connectivity index (χ4n) is 1.44. The molecule has 0 fully saturated rings. The molecule has 0 aliphatic rings. The van der Waals surface area contributed by atoms with E-state index in [9.17, 15) is 0 Å². The van der Waals surface area contributed by atoms with Gasteiger partial charge in [-0.25, -0.2) is 0 Å². The van der Waals surface area contributed by atoms with Crippen LogP contribution in [0.2, 0.25) is 0 Å². The first-order chi connectivity index (χ1) is 8.28. The Balaban J connectivity index is 2.14. The third-order valence-corrected chi connectivity index (χ3v) is 3.10. The van der Waals surface area contributed by atoms with Crippen LogP contribution in [0.3, 0.4) is 0 Å². The van der Waals surface area contributed by atoms with Crippen molar-refractivity contribution in [1.82, 2.24) is 0 Å². The van der Waals surface area contributed by atoms with Gasteiger partial charge in [-0.3, -0.25) is 0 Å². The average Bonchev–Trinajstić information content (AvgIpc) is 2.39. The summed E-state index contributed by atoms with van der Waals surface area (Å²) >= 11 is 2.29. The molecule has 1 nitrogen and oxygen atoms in total. The van der Waals surface area contributed by atoms with E-state index < -0.39 is 0 Å². The molecule has 0 N–H and O–H groups in total. The summed E-state index contributed by atoms with van der Waals surface area (Å²) in [7, 11) is 0. The molecule has 0 bridgehead atoms. The van der Waals surface area contributed by atoms with Crippen LogP contribution in [-0.2, 0) is 0 Å². The van der Waals surface area contributed by atoms with Gasteiger partial charge in [-0.15, -0.1) is 0 Å². The predicted molar refractivity (Wildman–Crippen MR) is 79.2 cm³/mol. The van der Waals surface area contributed by atoms with E-state index in [1.54, 1.807) is 0 Å². The summed E-state index contributed by atoms with van der Waals surface area (Å²) in [6.45, 7) is 0. The summed E-state index contributed by atoms with van der Waals surface area (Å²) in [4.78, 5) is 0. The summed E-state index contributed by atoms with van der Waals surface area (Å²) in [6, 6.07) is 18.0. The second kappa shape index (κ2) is 5.65. The highest BCUT2D eigenvalue weighted by Crippen LogP contribution is 2.11. The minimum Gasteiger partial charge on any atom is -0.192 e. The van der Waals surface area contributed by atoms with Crippen molar-refractivity contribution in [1.29, 1.82) is 5.26 Å². The number of hydrogen-bond donors (Lipinski definition) is 0. The SMILES string of the molecule is N#Cc1ccc(/C=C/c2ccc(I)cc2)cc1. The lowest BCUT2D eigenvalue weighted by Crippen LogP contribution is -1.76. The molecule has 82 valence electrons. The van der Waals surface area contributed by atoms with E-state index in [1.165, 1.54) is 9.13 Å². The van der Waals surface area contributed by atoms with Crippen LogP contribution in [-0.4, -0.2) is 0 Å². The van der Waals surface area contributed by atoms with E-state index in [-0.39, 0.29) is 0 Å². The second-order valence-corrected chi connectivity index (χ2v) is 4.86. The molecule has 0 heterocycles. The van der Waals surface area contributed by atoms with Gasteiger partial charge in [0.05, 0.1) is 11.6 Å². The van der Waals surface area contributed by atoms with Crippen molar-refractivity contribution in [3.05, 3.63) is 68.8 Å². The molecule has 0 amide bonds. The normalized spacial score (nSPS) is 10.4. The van der Waals surface area contributed by atoms with Crippen molar-refractivity contribution in [3.8, 4) is 6.07 Å². The van der Waals surface area contributed by atoms with Gasteiger partial charge in [-0.1, -0.05) is 36.4 Å². The fourth-order valence-corrected chi connectivity index (χ4v) is 1.79. The average molecular weight is 331 g/mol. The highest BCUT2D eigenvalue weighted by molar-refractivity contribution is 14.1. The first-order valence-corrected chi connectivity index (χ1v) is 6.29. The van der Waals surface area contributed by atoms with E-state index >= 15 is 0 Å². The standard InChI is InChI=1S/C15H10IN/c16-15-9-7-13(8-10-15)2-1-12-3-5-14(11-17)6-4-12/h1-10H/b2-1+. The third-order valence-electron chi connectivity index (χ3n) is 2.38. The van der Waals surface area contributed by atoms with Crippen molar-refractivity contribution in [2.45, 2.75) is 0 Å². The van der Waals surface area contributed by atoms with Gasteiger partial charge < -0.3 is 0 Å². The van der Waals surface area contributed by atoms with E-state index in [4.69, 9.17) is 5.26 Å². The van der Waals surface area contributed by atoms with Crippen LogP contribution in [0, 0.1) is 14.9 Å². The van der Waals surface area contributed by atoms with Crippen molar-refractivity contribution in [2.75, 3.05) is 0 Å². The summed E-state index contributed by atoms with van der Waals surface area (Å²) < 4.78 is 1.23. The van der Waals surface area contributed by atoms with Crippen molar-refractivity contribution in [2.24, 2.45) is 0 Å². The molecule has 0 unspecified atom stereocenters. The van der Waals surface area contributed by atoms with Gasteiger partial charge in [0, 0.05) is 3.57 Å². The van der Waals surface area contributed by atoms with E-state index in [1.807, 2.05) is 30.3 Å². The number of rotatable bonds is 2. The second-order valence-electron chi connectivity index (χ2n) is 3.62. The maximum atomic E-state index is 8.69. The molecule has 2 aromatic carbocycles. The minimum atomic E-state index is 0.691. The number of hydrogen-bond acceptors (Lipinski definition) is 1. The van der Waals surface area contributed by atoms with E-state index in [0.29, 0.717) is 5.56 Å². The zero-order valence-corrected chi connectivity index (χ0v) is 11.3. The Morgan fingerprint density at radius 2 is 1.29 bits per heavy atom. The number of halogens is 1. The molecule has 0 spiro atoms. The summed E-state index contributed by atoms with van der Waals surface area (Å²) in [5, 5.41) is 8.69. The maximum absolute atomic E-state index is 8.69. The van der Waals surface area contributed by atoms with E-state index in [0.717, 1.165) is 5.56 Å². The van der Waals surface area contributed by atoms with Gasteiger partial charge in [-0.2, -0.15) is 5.26 Å². The van der Waals surface area contributed by atoms with Gasteiger partial charge in [0.25, 0.3) is 0 Å². The summed E-state index contributed by atoms with van der Waals surface area (Å²) in [5.41, 5.74) is 2.97. The summed E-state index contributed by atoms with van der Waals surface area (Å²) in [5.74, 6) is 0. The van der Waals surface area contributed by atoms with Crippen LogP contribution in [0.25, 0.3) is 12.2 Å². The molecule has 0 radical (unpaired) electrons. The van der Waals surface area contributed by atoms with Crippen LogP contribution < -0.4 is 0 Å². The predicted octanol–water partition coefficient (Wildman–Crippen LogP) is 4.33. The van der Waals surface area contributed by atoms with Crippen LogP contribution in [0.5, 0.6) is 0 Å². The first-order valence-electron chi connectivity index (χ1n) is 5.22. The molecule has 0 saturated heterocycles. The summed E-state index contributed by atoms with van der Waals surface area (Å²) in [6.07, 6.45) is 4.11. The molecule has 0 aliphatic carbocycles. The van der Waals surface area contributed by atoms with Crippen LogP contribution in [0.1, 0.15) is 16.7 Å². The van der Waals surface area contributed by atoms with Crippen LogP contribution in [0.15, 0.2) is 48.5 Å². The van der Waals surface area contributed by atoms with Gasteiger partial charge >= 0.3 is 0 Å². The topological polar surface area (TPSA) is 23.8 Å². The molecule has 0 saturated carbocycles. The van der Waals surface area contributed by atoms with E-state index in [2.05, 4.69) is 59.0 Å². The zero-order chi connectivity index (χ0) is 12.1. The molecule has 2 aromatic rings. The van der Waals surface area contributed by atoms with Gasteiger partial charge in [0.2, 0.25) is 0 Å². The Bertz CT molecular complexity index is 559. The smallest absolute Gasteiger partial charge is 0.0991 e. The van der Waals surface area contributed by atoms with Crippen molar-refractivity contribution >= 4 is 34.7 Å². The molecular weight excluding hydrogens is 321 g/mol. The number of nitriles is 1. The highest BCUT2D eigenvalue weighted by atomic mass is 127. The Kier molecular flexibility index (Phi) is 3.94. The highest BCUT2D eigenvalue weighted by Gasteiger charge is 1.90. The monoisotopic (exact) mass is 331 g/mol. The lowest BCUT2D eigenvalue weighted by molar-refractivity contribution is 1.48. The lowest BCUT2D eigenvalue weighted by Gasteiger charge is -1.95. The van der Waals surface area contributed by atoms with Gasteiger partial charge in [0.1, 0.15) is 0 Å². The Labute approximate surface area is 115 Å². The van der Waals surface area contributed by atoms with Crippen LogP contribution in [0.4, 0.5) is 0 Å². The molecule has 2 rings (SSSR count). The molecule has 0 aliphatic heterocycles. The zero-order valence-electron chi connectivity index (χ0n) is 9.10. The van der Waals surface area contributed by atoms with Crippen molar-refractivity contribution < 1.29 is 0 Å². The fraction of sp³-hybridized carbons (Fsp3) is 0. The largest absolute Gasteiger partial charge is 0.192 e. The van der Waals surface area contributed by atoms with Gasteiger partial charge in [-0.05, 0) is 58.0 Å². The minimum absolute atomic E-state index is 0.691. The Morgan fingerprint density at radius 3 is 1.76 bits per heavy atom.